The molecular formula is C23H18N2. The van der Waals surface area contributed by atoms with E-state index in [0.717, 1.165) is 22.1 Å². The summed E-state index contributed by atoms with van der Waals surface area (Å²) in [7, 11) is 0. The molecule has 0 saturated heterocycles. The number of nitrogens with zero attached hydrogens (tertiary/aromatic N) is 2. The molecule has 0 aliphatic rings. The molecule has 0 saturated carbocycles. The second-order valence-electron chi connectivity index (χ2n) is 6.91. The second-order valence-corrected chi connectivity index (χ2v) is 6.91. The number of rotatable bonds is 1. The summed E-state index contributed by atoms with van der Waals surface area (Å²) in [5, 5.41) is 4.80. The number of benzene rings is 4. The molecule has 0 amide bonds. The van der Waals surface area contributed by atoms with Gasteiger partial charge >= 0.3 is 0 Å². The van der Waals surface area contributed by atoms with Gasteiger partial charge in [-0.3, -0.25) is 0 Å². The van der Waals surface area contributed by atoms with E-state index in [4.69, 9.17) is 9.97 Å². The summed E-state index contributed by atoms with van der Waals surface area (Å²) < 4.78 is 0. The van der Waals surface area contributed by atoms with Crippen molar-refractivity contribution in [2.24, 2.45) is 0 Å². The highest BCUT2D eigenvalue weighted by Crippen LogP contribution is 2.34. The van der Waals surface area contributed by atoms with Gasteiger partial charge in [0, 0.05) is 10.8 Å². The lowest BCUT2D eigenvalue weighted by Gasteiger charge is -2.11. The molecule has 0 fully saturated rings. The first-order valence-electron chi connectivity index (χ1n) is 8.73. The fourth-order valence-corrected chi connectivity index (χ4v) is 3.66. The van der Waals surface area contributed by atoms with Crippen LogP contribution in [0.5, 0.6) is 0 Å². The van der Waals surface area contributed by atoms with Gasteiger partial charge in [0.15, 0.2) is 0 Å². The van der Waals surface area contributed by atoms with E-state index < -0.39 is 0 Å². The molecule has 0 bridgehead atoms. The van der Waals surface area contributed by atoms with Crippen molar-refractivity contribution in [1.29, 1.82) is 0 Å². The molecule has 1 aromatic heterocycles. The molecule has 2 nitrogen and oxygen atoms in total. The average Bonchev–Trinajstić information content (AvgIpc) is 2.66. The van der Waals surface area contributed by atoms with Crippen LogP contribution in [0, 0.1) is 0 Å². The topological polar surface area (TPSA) is 25.8 Å². The molecule has 5 aromatic rings. The van der Waals surface area contributed by atoms with Gasteiger partial charge in [0.2, 0.25) is 0 Å². The first kappa shape index (κ1) is 14.4. The van der Waals surface area contributed by atoms with E-state index in [0.29, 0.717) is 5.92 Å². The minimum atomic E-state index is 0.482. The normalized spacial score (nSPS) is 12.0. The van der Waals surface area contributed by atoms with Crippen molar-refractivity contribution in [3.63, 3.8) is 0 Å². The highest BCUT2D eigenvalue weighted by atomic mass is 14.8. The predicted octanol–water partition coefficient (Wildman–Crippen LogP) is 6.21. The minimum absolute atomic E-state index is 0.482. The van der Waals surface area contributed by atoms with E-state index in [1.807, 2.05) is 0 Å². The van der Waals surface area contributed by atoms with Crippen molar-refractivity contribution in [2.75, 3.05) is 0 Å². The van der Waals surface area contributed by atoms with Crippen LogP contribution in [0.25, 0.3) is 43.6 Å². The molecule has 0 aliphatic heterocycles. The Labute approximate surface area is 146 Å². The summed E-state index contributed by atoms with van der Waals surface area (Å²) in [4.78, 5) is 10.0. The summed E-state index contributed by atoms with van der Waals surface area (Å²) in [6.07, 6.45) is 0. The maximum Gasteiger partial charge on any atom is 0.0979 e. The highest BCUT2D eigenvalue weighted by molar-refractivity contribution is 6.23. The van der Waals surface area contributed by atoms with Crippen molar-refractivity contribution in [3.05, 3.63) is 72.3 Å². The Kier molecular flexibility index (Phi) is 3.01. The first-order valence-corrected chi connectivity index (χ1v) is 8.73. The van der Waals surface area contributed by atoms with Crippen LogP contribution in [0.3, 0.4) is 0 Å². The standard InChI is InChI=1S/C23H18N2/c1-14(2)15-11-12-20-21(13-15)25-23-19-10-6-4-8-17(19)16-7-3-5-9-18(16)22(23)24-20/h3-14H,1-2H3. The molecule has 0 spiro atoms. The lowest BCUT2D eigenvalue weighted by atomic mass is 9.99. The fraction of sp³-hybridized carbons (Fsp3) is 0.130. The molecule has 1 heterocycles. The molecule has 4 aromatic carbocycles. The van der Waals surface area contributed by atoms with E-state index in [2.05, 4.69) is 80.6 Å². The van der Waals surface area contributed by atoms with Crippen molar-refractivity contribution >= 4 is 43.6 Å². The van der Waals surface area contributed by atoms with E-state index >= 15 is 0 Å². The fourth-order valence-electron chi connectivity index (χ4n) is 3.66. The molecule has 0 radical (unpaired) electrons. The molecule has 2 heteroatoms. The van der Waals surface area contributed by atoms with Crippen molar-refractivity contribution < 1.29 is 0 Å². The monoisotopic (exact) mass is 322 g/mol. The number of fused-ring (bicyclic) bond motifs is 7. The summed E-state index contributed by atoms with van der Waals surface area (Å²) in [5.74, 6) is 0.482. The van der Waals surface area contributed by atoms with Crippen molar-refractivity contribution in [3.8, 4) is 0 Å². The Morgan fingerprint density at radius 3 is 1.68 bits per heavy atom. The predicted molar refractivity (Wildman–Crippen MR) is 106 cm³/mol. The van der Waals surface area contributed by atoms with Crippen LogP contribution in [0.1, 0.15) is 25.3 Å². The van der Waals surface area contributed by atoms with Gasteiger partial charge in [0.1, 0.15) is 0 Å². The summed E-state index contributed by atoms with van der Waals surface area (Å²) in [6, 6.07) is 23.4. The van der Waals surface area contributed by atoms with E-state index in [9.17, 15) is 0 Å². The Balaban J connectivity index is 2.03. The maximum atomic E-state index is 5.04. The number of aromatic nitrogens is 2. The van der Waals surface area contributed by atoms with Crippen LogP contribution in [-0.4, -0.2) is 9.97 Å². The number of hydrogen-bond donors (Lipinski definition) is 0. The van der Waals surface area contributed by atoms with Gasteiger partial charge in [-0.05, 0) is 34.4 Å². The Hall–Kier alpha value is -3.00. The quantitative estimate of drug-likeness (QED) is 0.271. The summed E-state index contributed by atoms with van der Waals surface area (Å²) >= 11 is 0. The van der Waals surface area contributed by atoms with Gasteiger partial charge in [0.25, 0.3) is 0 Å². The first-order chi connectivity index (χ1) is 12.2. The molecule has 0 unspecified atom stereocenters. The lowest BCUT2D eigenvalue weighted by Crippen LogP contribution is -1.93. The highest BCUT2D eigenvalue weighted by Gasteiger charge is 2.12. The molecule has 25 heavy (non-hydrogen) atoms. The van der Waals surface area contributed by atoms with Gasteiger partial charge in [0.05, 0.1) is 22.1 Å². The van der Waals surface area contributed by atoms with E-state index in [-0.39, 0.29) is 0 Å². The van der Waals surface area contributed by atoms with Crippen LogP contribution >= 0.6 is 0 Å². The van der Waals surface area contributed by atoms with E-state index in [1.54, 1.807) is 0 Å². The van der Waals surface area contributed by atoms with Gasteiger partial charge in [-0.25, -0.2) is 9.97 Å². The molecule has 5 rings (SSSR count). The molecule has 0 N–H and O–H groups in total. The van der Waals surface area contributed by atoms with Gasteiger partial charge in [-0.15, -0.1) is 0 Å². The van der Waals surface area contributed by atoms with Crippen LogP contribution in [0.2, 0.25) is 0 Å². The molecule has 120 valence electrons. The Morgan fingerprint density at radius 1 is 0.600 bits per heavy atom. The lowest BCUT2D eigenvalue weighted by molar-refractivity contribution is 0.868. The van der Waals surface area contributed by atoms with Gasteiger partial charge in [-0.1, -0.05) is 68.4 Å². The van der Waals surface area contributed by atoms with Crippen LogP contribution in [-0.2, 0) is 0 Å². The molecule has 0 aliphatic carbocycles. The maximum absolute atomic E-state index is 5.04. The van der Waals surface area contributed by atoms with Crippen LogP contribution < -0.4 is 0 Å². The largest absolute Gasteiger partial charge is 0.244 e. The van der Waals surface area contributed by atoms with Gasteiger partial charge in [-0.2, -0.15) is 0 Å². The molecule has 0 atom stereocenters. The summed E-state index contributed by atoms with van der Waals surface area (Å²) in [5.41, 5.74) is 5.20. The minimum Gasteiger partial charge on any atom is -0.244 e. The zero-order valence-electron chi connectivity index (χ0n) is 14.3. The smallest absolute Gasteiger partial charge is 0.0979 e. The van der Waals surface area contributed by atoms with Crippen molar-refractivity contribution in [2.45, 2.75) is 19.8 Å². The Bertz CT molecular complexity index is 1270. The average molecular weight is 322 g/mol. The third kappa shape index (κ3) is 2.11. The zero-order chi connectivity index (χ0) is 17.0. The van der Waals surface area contributed by atoms with Gasteiger partial charge < -0.3 is 0 Å². The molecular weight excluding hydrogens is 304 g/mol. The summed E-state index contributed by atoms with van der Waals surface area (Å²) in [6.45, 7) is 4.41. The van der Waals surface area contributed by atoms with Crippen molar-refractivity contribution in [1.82, 2.24) is 9.97 Å². The van der Waals surface area contributed by atoms with E-state index in [1.165, 1.54) is 27.1 Å². The van der Waals surface area contributed by atoms with Crippen LogP contribution in [0.15, 0.2) is 66.7 Å². The SMILES string of the molecule is CC(C)c1ccc2nc3c4ccccc4c4ccccc4c3nc2c1. The van der Waals surface area contributed by atoms with Crippen LogP contribution in [0.4, 0.5) is 0 Å². The number of hydrogen-bond acceptors (Lipinski definition) is 2. The third-order valence-corrected chi connectivity index (χ3v) is 5.01. The zero-order valence-corrected chi connectivity index (χ0v) is 14.3. The second kappa shape index (κ2) is 5.25. The third-order valence-electron chi connectivity index (χ3n) is 5.01. The Morgan fingerprint density at radius 2 is 1.12 bits per heavy atom.